The number of sulfonamides is 1. The molecule has 2 unspecified atom stereocenters. The van der Waals surface area contributed by atoms with E-state index in [0.717, 1.165) is 36.2 Å². The number of imide groups is 1. The van der Waals surface area contributed by atoms with Gasteiger partial charge in [-0.05, 0) is 80.3 Å². The van der Waals surface area contributed by atoms with E-state index in [9.17, 15) is 22.8 Å². The predicted molar refractivity (Wildman–Crippen MR) is 157 cm³/mol. The van der Waals surface area contributed by atoms with Crippen molar-refractivity contribution in [2.75, 3.05) is 32.1 Å². The van der Waals surface area contributed by atoms with Gasteiger partial charge in [0.05, 0.1) is 17.1 Å². The van der Waals surface area contributed by atoms with E-state index in [1.807, 2.05) is 7.05 Å². The average molecular weight is 603 g/mol. The summed E-state index contributed by atoms with van der Waals surface area (Å²) in [4.78, 5) is 41.5. The Morgan fingerprint density at radius 2 is 1.80 bits per heavy atom. The van der Waals surface area contributed by atoms with E-state index in [1.54, 1.807) is 11.2 Å². The Morgan fingerprint density at radius 1 is 1.10 bits per heavy atom. The lowest BCUT2D eigenvalue weighted by molar-refractivity contribution is 0.0924. The highest BCUT2D eigenvalue weighted by Gasteiger charge is 2.53. The lowest BCUT2D eigenvalue weighted by atomic mass is 9.65. The number of alkyl carbamates (subject to hydrolysis) is 1. The fraction of sp³-hybridized carbons (Fsp3) is 0.552. The van der Waals surface area contributed by atoms with Crippen LogP contribution in [0.5, 0.6) is 0 Å². The van der Waals surface area contributed by atoms with Crippen LogP contribution in [-0.2, 0) is 27.7 Å². The molecule has 1 aromatic heterocycles. The molecule has 3 aliphatic rings. The number of hydrogen-bond acceptors (Lipinski definition) is 8. The molecule has 2 bridgehead atoms. The summed E-state index contributed by atoms with van der Waals surface area (Å²) >= 11 is 1.30. The third-order valence-corrected chi connectivity index (χ3v) is 11.3. The Bertz CT molecular complexity index is 1480. The maximum absolute atomic E-state index is 13.6. The summed E-state index contributed by atoms with van der Waals surface area (Å²) in [5.41, 5.74) is 1.38. The van der Waals surface area contributed by atoms with Crippen LogP contribution in [0.3, 0.4) is 0 Å². The first kappa shape index (κ1) is 29.7. The number of fused-ring (bicyclic) bond motifs is 3. The van der Waals surface area contributed by atoms with Crippen LogP contribution in [-0.4, -0.2) is 68.3 Å². The monoisotopic (exact) mass is 602 g/mol. The first-order valence-corrected chi connectivity index (χ1v) is 16.2. The number of carbonyl (C=O) groups is 3. The molecule has 1 aliphatic carbocycles. The van der Waals surface area contributed by atoms with Gasteiger partial charge in [0.25, 0.3) is 11.8 Å². The van der Waals surface area contributed by atoms with Crippen molar-refractivity contribution in [1.82, 2.24) is 14.5 Å². The van der Waals surface area contributed by atoms with Gasteiger partial charge in [-0.1, -0.05) is 20.8 Å². The van der Waals surface area contributed by atoms with Gasteiger partial charge in [-0.3, -0.25) is 14.9 Å². The number of nitrogens with one attached hydrogen (secondary N) is 2. The number of carbonyl (C=O) groups excluding carboxylic acids is 3. The second-order valence-corrected chi connectivity index (χ2v) is 15.6. The molecule has 41 heavy (non-hydrogen) atoms. The normalized spacial score (nSPS) is 24.0. The van der Waals surface area contributed by atoms with Crippen LogP contribution in [0, 0.1) is 10.8 Å². The van der Waals surface area contributed by atoms with E-state index in [0.29, 0.717) is 24.5 Å². The molecule has 3 heterocycles. The van der Waals surface area contributed by atoms with Gasteiger partial charge in [0, 0.05) is 36.1 Å². The third kappa shape index (κ3) is 5.93. The first-order chi connectivity index (χ1) is 19.2. The van der Waals surface area contributed by atoms with Gasteiger partial charge in [-0.25, -0.2) is 13.2 Å². The zero-order chi connectivity index (χ0) is 29.7. The van der Waals surface area contributed by atoms with Crippen molar-refractivity contribution in [2.45, 2.75) is 70.9 Å². The van der Waals surface area contributed by atoms with Gasteiger partial charge >= 0.3 is 6.09 Å². The lowest BCUT2D eigenvalue weighted by Gasteiger charge is -2.39. The van der Waals surface area contributed by atoms with Gasteiger partial charge < -0.3 is 15.0 Å². The summed E-state index contributed by atoms with van der Waals surface area (Å²) in [7, 11) is -1.74. The highest BCUT2D eigenvalue weighted by atomic mass is 32.2. The number of amides is 3. The Morgan fingerprint density at radius 3 is 2.49 bits per heavy atom. The number of likely N-dealkylation sites (N-methyl/N-ethyl adjacent to an activating group) is 1. The number of thiophene rings is 1. The van der Waals surface area contributed by atoms with E-state index in [1.165, 1.54) is 35.6 Å². The van der Waals surface area contributed by atoms with Crippen LogP contribution in [0.4, 0.5) is 9.80 Å². The Balaban J connectivity index is 1.36. The van der Waals surface area contributed by atoms with Crippen LogP contribution >= 0.6 is 11.3 Å². The SMILES string of the molecule is CCOC(=O)NC(=O)c1c(NC(=O)c2ccc(S(=O)(=O)N3CC4(C)CC3CC(C)(C)C4)cc2)sc2c1CCN(C)C2. The standard InChI is InChI=1S/C29H38N4O6S2/c1-6-39-27(36)31-25(35)23-21-11-12-32(5)15-22(21)40-26(23)30-24(34)18-7-9-20(10-8-18)41(37,38)33-17-29(4)14-19(33)13-28(2,3)16-29/h7-10,19H,6,11-17H2,1-5H3,(H,30,34)(H,31,35,36). The molecule has 12 heteroatoms. The molecule has 5 rings (SSSR count). The molecule has 222 valence electrons. The number of rotatable bonds is 6. The molecule has 2 aromatic rings. The summed E-state index contributed by atoms with van der Waals surface area (Å²) in [6, 6.07) is 5.91. The Hall–Kier alpha value is -2.80. The van der Waals surface area contributed by atoms with E-state index in [4.69, 9.17) is 4.74 Å². The van der Waals surface area contributed by atoms with Gasteiger partial charge in [0.1, 0.15) is 5.00 Å². The van der Waals surface area contributed by atoms with Gasteiger partial charge in [0.15, 0.2) is 0 Å². The predicted octanol–water partition coefficient (Wildman–Crippen LogP) is 4.46. The van der Waals surface area contributed by atoms with Crippen LogP contribution in [0.15, 0.2) is 29.2 Å². The third-order valence-electron chi connectivity index (χ3n) is 8.28. The molecule has 0 radical (unpaired) electrons. The van der Waals surface area contributed by atoms with Crippen molar-refractivity contribution in [1.29, 1.82) is 0 Å². The van der Waals surface area contributed by atoms with Crippen molar-refractivity contribution in [3.63, 3.8) is 0 Å². The fourth-order valence-corrected chi connectivity index (χ4v) is 10.1. The highest BCUT2D eigenvalue weighted by Crippen LogP contribution is 2.53. The number of nitrogens with zero attached hydrogens (tertiary/aromatic N) is 2. The van der Waals surface area contributed by atoms with Crippen molar-refractivity contribution in [3.8, 4) is 0 Å². The second-order valence-electron chi connectivity index (χ2n) is 12.6. The minimum absolute atomic E-state index is 0.0280. The molecular weight excluding hydrogens is 564 g/mol. The zero-order valence-corrected chi connectivity index (χ0v) is 25.8. The van der Waals surface area contributed by atoms with Crippen molar-refractivity contribution < 1.29 is 27.5 Å². The van der Waals surface area contributed by atoms with Gasteiger partial charge in [0.2, 0.25) is 10.0 Å². The number of anilines is 1. The highest BCUT2D eigenvalue weighted by molar-refractivity contribution is 7.89. The number of benzene rings is 1. The van der Waals surface area contributed by atoms with Crippen LogP contribution in [0.25, 0.3) is 0 Å². The molecule has 2 N–H and O–H groups in total. The second kappa shape index (κ2) is 10.8. The maximum atomic E-state index is 13.6. The lowest BCUT2D eigenvalue weighted by Crippen LogP contribution is -2.37. The van der Waals surface area contributed by atoms with E-state index in [2.05, 4.69) is 36.3 Å². The molecule has 1 saturated carbocycles. The Labute approximate surface area is 245 Å². The quantitative estimate of drug-likeness (QED) is 0.500. The minimum atomic E-state index is -3.72. The molecule has 3 amide bonds. The summed E-state index contributed by atoms with van der Waals surface area (Å²) < 4.78 is 33.8. The van der Waals surface area contributed by atoms with Crippen LogP contribution in [0.1, 0.15) is 78.1 Å². The van der Waals surface area contributed by atoms with Gasteiger partial charge in [-0.2, -0.15) is 4.31 Å². The number of ether oxygens (including phenoxy) is 1. The first-order valence-electron chi connectivity index (χ1n) is 14.0. The van der Waals surface area contributed by atoms with Crippen LogP contribution in [0.2, 0.25) is 0 Å². The summed E-state index contributed by atoms with van der Waals surface area (Å²) in [6.45, 7) is 10.2. The molecule has 0 spiro atoms. The topological polar surface area (TPSA) is 125 Å². The zero-order valence-electron chi connectivity index (χ0n) is 24.2. The molecule has 10 nitrogen and oxygen atoms in total. The van der Waals surface area contributed by atoms with E-state index in [-0.39, 0.29) is 39.5 Å². The molecule has 2 fully saturated rings. The van der Waals surface area contributed by atoms with E-state index < -0.39 is 27.9 Å². The maximum Gasteiger partial charge on any atom is 0.414 e. The largest absolute Gasteiger partial charge is 0.450 e. The molecule has 2 aliphatic heterocycles. The molecular formula is C29H38N4O6S2. The van der Waals surface area contributed by atoms with Crippen molar-refractivity contribution in [3.05, 3.63) is 45.8 Å². The van der Waals surface area contributed by atoms with Crippen molar-refractivity contribution >= 4 is 44.3 Å². The summed E-state index contributed by atoms with van der Waals surface area (Å²) in [6.07, 6.45) is 2.44. The molecule has 2 atom stereocenters. The molecule has 1 saturated heterocycles. The average Bonchev–Trinajstić information content (AvgIpc) is 3.36. The van der Waals surface area contributed by atoms with Gasteiger partial charge in [-0.15, -0.1) is 11.3 Å². The summed E-state index contributed by atoms with van der Waals surface area (Å²) in [5, 5.41) is 5.42. The Kier molecular flexibility index (Phi) is 7.82. The minimum Gasteiger partial charge on any atom is -0.450 e. The van der Waals surface area contributed by atoms with Crippen LogP contribution < -0.4 is 10.6 Å². The van der Waals surface area contributed by atoms with Crippen molar-refractivity contribution in [2.24, 2.45) is 10.8 Å². The summed E-state index contributed by atoms with van der Waals surface area (Å²) in [5.74, 6) is -1.10. The number of hydrogen-bond donors (Lipinski definition) is 2. The van der Waals surface area contributed by atoms with E-state index >= 15 is 0 Å². The smallest absolute Gasteiger partial charge is 0.414 e. The molecule has 1 aromatic carbocycles. The fourth-order valence-electron chi connectivity index (χ4n) is 6.96.